The minimum atomic E-state index is -4.47. The normalized spacial score (nSPS) is 22.8. The second-order valence-corrected chi connectivity index (χ2v) is 13.8. The summed E-state index contributed by atoms with van der Waals surface area (Å²) in [5.74, 6) is -3.66. The molecule has 3 rings (SSSR count). The van der Waals surface area contributed by atoms with E-state index < -0.39 is 104 Å². The average molecular weight is 733 g/mol. The van der Waals surface area contributed by atoms with E-state index in [4.69, 9.17) is 23.3 Å². The molecule has 1 aliphatic rings. The Bertz CT molecular complexity index is 1680. The predicted molar refractivity (Wildman–Crippen MR) is 172 cm³/mol. The van der Waals surface area contributed by atoms with Crippen molar-refractivity contribution in [1.82, 2.24) is 19.5 Å². The number of hydrogen-bond donors (Lipinski definition) is 4. The van der Waals surface area contributed by atoms with Crippen molar-refractivity contribution in [2.45, 2.75) is 76.1 Å². The van der Waals surface area contributed by atoms with Crippen molar-refractivity contribution in [2.24, 2.45) is 0 Å². The van der Waals surface area contributed by atoms with Gasteiger partial charge in [0.1, 0.15) is 30.5 Å². The first kappa shape index (κ1) is 39.6. The molecule has 1 unspecified atom stereocenters. The smallest absolute Gasteiger partial charge is 0.459 e. The summed E-state index contributed by atoms with van der Waals surface area (Å²) in [5, 5.41) is 14.8. The molecule has 0 spiro atoms. The first-order valence-corrected chi connectivity index (χ1v) is 16.9. The molecule has 20 heteroatoms. The zero-order chi connectivity index (χ0) is 36.7. The quantitative estimate of drug-likeness (QED) is 0.113. The number of carbonyl (C=O) groups excluding carboxylic acids is 4. The molecule has 1 aliphatic heterocycles. The highest BCUT2D eigenvalue weighted by molar-refractivity contribution is 7.81. The minimum absolute atomic E-state index is 0.0702. The molecular formula is C29H38FN4O13PS. The van der Waals surface area contributed by atoms with Crippen LogP contribution in [0.15, 0.2) is 52.2 Å². The standard InChI is InChI=1S/C29H38FN4O13PS/c1-16(2)45-26(40)17(3)32-48(42,47-19-9-7-6-8-10-19)44-14-20-24(38)29(5,30)27(46-20)33-12-11-21(35)34(28(33)41)22(36)15-43-23(37)13-31-25(39)18(4)49/h6-12,16-18,20,24,27,38,49H,13-15H2,1-5H3,(H,31,39)(H,32,42)/t17-,18?,20+,24+,27+,29+,48-/m0/s1. The number of aliphatic hydroxyl groups is 1. The summed E-state index contributed by atoms with van der Waals surface area (Å²) < 4.78 is 56.9. The van der Waals surface area contributed by atoms with Gasteiger partial charge in [-0.2, -0.15) is 22.3 Å². The van der Waals surface area contributed by atoms with Crippen molar-refractivity contribution in [3.05, 3.63) is 63.4 Å². The van der Waals surface area contributed by atoms with Crippen LogP contribution in [0.3, 0.4) is 0 Å². The first-order valence-electron chi connectivity index (χ1n) is 14.8. The fourth-order valence-electron chi connectivity index (χ4n) is 4.32. The molecule has 1 fully saturated rings. The van der Waals surface area contributed by atoms with Gasteiger partial charge in [-0.15, -0.1) is 0 Å². The number of aliphatic hydroxyl groups excluding tert-OH is 1. The molecule has 0 aliphatic carbocycles. The van der Waals surface area contributed by atoms with Gasteiger partial charge in [0.15, 0.2) is 18.5 Å². The molecule has 2 heterocycles. The van der Waals surface area contributed by atoms with Gasteiger partial charge in [-0.1, -0.05) is 18.2 Å². The highest BCUT2D eigenvalue weighted by atomic mass is 32.1. The van der Waals surface area contributed by atoms with Crippen molar-refractivity contribution < 1.29 is 56.5 Å². The second-order valence-electron chi connectivity index (χ2n) is 11.3. The highest BCUT2D eigenvalue weighted by Crippen LogP contribution is 2.47. The number of nitrogens with zero attached hydrogens (tertiary/aromatic N) is 2. The van der Waals surface area contributed by atoms with Crippen molar-refractivity contribution >= 4 is 44.1 Å². The monoisotopic (exact) mass is 732 g/mol. The Labute approximate surface area is 285 Å². The second kappa shape index (κ2) is 16.7. The number of hydrogen-bond acceptors (Lipinski definition) is 14. The molecule has 7 atom stereocenters. The Morgan fingerprint density at radius 3 is 2.39 bits per heavy atom. The zero-order valence-corrected chi connectivity index (χ0v) is 28.9. The zero-order valence-electron chi connectivity index (χ0n) is 27.1. The number of thiol groups is 1. The number of benzene rings is 1. The van der Waals surface area contributed by atoms with Crippen LogP contribution in [0.5, 0.6) is 5.75 Å². The predicted octanol–water partition coefficient (Wildman–Crippen LogP) is 0.748. The fourth-order valence-corrected chi connectivity index (χ4v) is 5.91. The van der Waals surface area contributed by atoms with Crippen LogP contribution >= 0.6 is 20.4 Å². The summed E-state index contributed by atoms with van der Waals surface area (Å²) in [6, 6.07) is 7.27. The van der Waals surface area contributed by atoms with Crippen LogP contribution in [0, 0.1) is 0 Å². The Balaban J connectivity index is 1.79. The van der Waals surface area contributed by atoms with Gasteiger partial charge in [-0.05, 0) is 46.8 Å². The molecule has 17 nitrogen and oxygen atoms in total. The van der Waals surface area contributed by atoms with Gasteiger partial charge in [-0.3, -0.25) is 33.1 Å². The van der Waals surface area contributed by atoms with Crippen LogP contribution in [0.25, 0.3) is 0 Å². The molecule has 0 bridgehead atoms. The van der Waals surface area contributed by atoms with Gasteiger partial charge in [0.2, 0.25) is 5.91 Å². The molecule has 3 N–H and O–H groups in total. The maximum atomic E-state index is 16.0. The van der Waals surface area contributed by atoms with E-state index in [9.17, 15) is 38.4 Å². The summed E-state index contributed by atoms with van der Waals surface area (Å²) in [5.41, 5.74) is -5.30. The van der Waals surface area contributed by atoms with Gasteiger partial charge in [0.05, 0.1) is 18.0 Å². The van der Waals surface area contributed by atoms with Crippen molar-refractivity contribution in [3.63, 3.8) is 0 Å². The summed E-state index contributed by atoms with van der Waals surface area (Å²) >= 11 is 3.90. The van der Waals surface area contributed by atoms with E-state index in [-0.39, 0.29) is 10.3 Å². The number of ether oxygens (including phenoxy) is 3. The Morgan fingerprint density at radius 1 is 1.12 bits per heavy atom. The summed E-state index contributed by atoms with van der Waals surface area (Å²) in [4.78, 5) is 74.4. The third-order valence-electron chi connectivity index (χ3n) is 6.81. The molecule has 1 aromatic heterocycles. The van der Waals surface area contributed by atoms with Gasteiger partial charge in [0.25, 0.3) is 11.5 Å². The topological polar surface area (TPSA) is 220 Å². The number of nitrogens with one attached hydrogen (secondary N) is 2. The molecule has 49 heavy (non-hydrogen) atoms. The number of alkyl halides is 1. The Hall–Kier alpha value is -3.87. The van der Waals surface area contributed by atoms with Crippen LogP contribution in [0.2, 0.25) is 0 Å². The number of aromatic nitrogens is 2. The summed E-state index contributed by atoms with van der Waals surface area (Å²) in [6.45, 7) is 4.40. The van der Waals surface area contributed by atoms with E-state index in [0.29, 0.717) is 4.57 Å². The van der Waals surface area contributed by atoms with E-state index in [0.717, 1.165) is 19.2 Å². The molecule has 2 aromatic rings. The van der Waals surface area contributed by atoms with Crippen LogP contribution in [-0.4, -0.2) is 93.0 Å². The van der Waals surface area contributed by atoms with Crippen LogP contribution < -0.4 is 26.2 Å². The van der Waals surface area contributed by atoms with Crippen LogP contribution in [0.4, 0.5) is 4.39 Å². The van der Waals surface area contributed by atoms with E-state index in [1.54, 1.807) is 32.0 Å². The lowest BCUT2D eigenvalue weighted by molar-refractivity contribution is -0.149. The number of para-hydroxylation sites is 1. The third-order valence-corrected chi connectivity index (χ3v) is 8.69. The third kappa shape index (κ3) is 10.3. The fraction of sp³-hybridized carbons (Fsp3) is 0.517. The molecule has 1 saturated heterocycles. The van der Waals surface area contributed by atoms with Crippen molar-refractivity contribution in [2.75, 3.05) is 19.8 Å². The lowest BCUT2D eigenvalue weighted by Crippen LogP contribution is -2.49. The van der Waals surface area contributed by atoms with E-state index in [1.165, 1.54) is 26.0 Å². The maximum absolute atomic E-state index is 16.0. The number of amides is 1. The van der Waals surface area contributed by atoms with E-state index in [2.05, 4.69) is 23.0 Å². The Morgan fingerprint density at radius 2 is 1.78 bits per heavy atom. The van der Waals surface area contributed by atoms with Gasteiger partial charge in [0, 0.05) is 12.3 Å². The van der Waals surface area contributed by atoms with E-state index >= 15 is 4.39 Å². The number of halogens is 1. The molecule has 0 radical (unpaired) electrons. The lowest BCUT2D eigenvalue weighted by atomic mass is 9.98. The van der Waals surface area contributed by atoms with Crippen LogP contribution in [-0.2, 0) is 37.7 Å². The average Bonchev–Trinajstić information content (AvgIpc) is 3.25. The van der Waals surface area contributed by atoms with Crippen molar-refractivity contribution in [1.29, 1.82) is 0 Å². The van der Waals surface area contributed by atoms with E-state index in [1.807, 2.05) is 0 Å². The maximum Gasteiger partial charge on any atom is 0.459 e. The molecule has 1 amide bonds. The largest absolute Gasteiger partial charge is 0.462 e. The Kier molecular flexibility index (Phi) is 13.5. The molecule has 270 valence electrons. The van der Waals surface area contributed by atoms with Gasteiger partial charge in [-0.25, -0.2) is 13.8 Å². The molecule has 1 aromatic carbocycles. The summed E-state index contributed by atoms with van der Waals surface area (Å²) in [6.07, 6.45) is -5.24. The number of carbonyl (C=O) groups is 4. The number of rotatable bonds is 15. The SMILES string of the molecule is CC(C)OC(=O)[C@H](C)N[P@](=O)(OC[C@H]1O[C@@H](n2ccc(=O)n(C(=O)COC(=O)CNC(=O)C(C)S)c2=O)[C@](C)(F)[C@@H]1O)Oc1ccccc1. The minimum Gasteiger partial charge on any atom is -0.462 e. The lowest BCUT2D eigenvalue weighted by Gasteiger charge is -2.25. The molecule has 0 saturated carbocycles. The van der Waals surface area contributed by atoms with Crippen molar-refractivity contribution in [3.8, 4) is 5.75 Å². The van der Waals surface area contributed by atoms with Gasteiger partial charge >= 0.3 is 25.4 Å². The first-order chi connectivity index (χ1) is 22.9. The highest BCUT2D eigenvalue weighted by Gasteiger charge is 2.56. The summed E-state index contributed by atoms with van der Waals surface area (Å²) in [7, 11) is -4.47. The molecular weight excluding hydrogens is 694 g/mol. The number of esters is 2. The van der Waals surface area contributed by atoms with Gasteiger partial charge < -0.3 is 29.2 Å². The van der Waals surface area contributed by atoms with Crippen LogP contribution in [0.1, 0.15) is 45.6 Å².